The molecule has 1 atom stereocenters. The highest BCUT2D eigenvalue weighted by Gasteiger charge is 2.06. The molecule has 0 amide bonds. The van der Waals surface area contributed by atoms with Gasteiger partial charge in [0.15, 0.2) is 0 Å². The fourth-order valence-electron chi connectivity index (χ4n) is 1.39. The van der Waals surface area contributed by atoms with Crippen LogP contribution >= 0.6 is 27.7 Å². The second-order valence-electron chi connectivity index (χ2n) is 3.51. The second-order valence-corrected chi connectivity index (χ2v) is 5.28. The lowest BCUT2D eigenvalue weighted by Gasteiger charge is -2.17. The highest BCUT2D eigenvalue weighted by molar-refractivity contribution is 9.10. The lowest BCUT2D eigenvalue weighted by Crippen LogP contribution is -2.20. The number of hydrogen-bond acceptors (Lipinski definition) is 3. The maximum Gasteiger partial charge on any atom is 0.100 e. The van der Waals surface area contributed by atoms with Crippen LogP contribution in [0.25, 0.3) is 0 Å². The molecule has 0 aliphatic carbocycles. The van der Waals surface area contributed by atoms with E-state index >= 15 is 0 Å². The Labute approximate surface area is 110 Å². The molecule has 1 aromatic rings. The second kappa shape index (κ2) is 6.82. The summed E-state index contributed by atoms with van der Waals surface area (Å²) >= 11 is 5.23. The van der Waals surface area contributed by atoms with Crippen LogP contribution in [0.1, 0.15) is 18.9 Å². The first kappa shape index (κ1) is 13.4. The smallest absolute Gasteiger partial charge is 0.100 e. The van der Waals surface area contributed by atoms with Crippen molar-refractivity contribution in [3.05, 3.63) is 28.2 Å². The van der Waals surface area contributed by atoms with Crippen LogP contribution in [0.2, 0.25) is 0 Å². The van der Waals surface area contributed by atoms with Gasteiger partial charge in [-0.3, -0.25) is 0 Å². The molecule has 0 bridgehead atoms. The molecule has 86 valence electrons. The predicted molar refractivity (Wildman–Crippen MR) is 74.9 cm³/mol. The maximum absolute atomic E-state index is 8.82. The zero-order chi connectivity index (χ0) is 12.0. The van der Waals surface area contributed by atoms with Gasteiger partial charge in [0, 0.05) is 22.0 Å². The number of hydrogen-bond donors (Lipinski definition) is 1. The molecule has 0 aromatic heterocycles. The molecule has 0 spiro atoms. The van der Waals surface area contributed by atoms with E-state index in [2.05, 4.69) is 40.5 Å². The largest absolute Gasteiger partial charge is 0.381 e. The van der Waals surface area contributed by atoms with Gasteiger partial charge >= 0.3 is 0 Å². The molecule has 0 radical (unpaired) electrons. The van der Waals surface area contributed by atoms with Gasteiger partial charge in [0.05, 0.1) is 5.56 Å². The predicted octanol–water partition coefficient (Wildman–Crippen LogP) is 3.87. The van der Waals surface area contributed by atoms with Gasteiger partial charge < -0.3 is 5.32 Å². The van der Waals surface area contributed by atoms with Crippen molar-refractivity contribution < 1.29 is 0 Å². The van der Waals surface area contributed by atoms with Crippen LogP contribution in [-0.2, 0) is 0 Å². The van der Waals surface area contributed by atoms with Crippen LogP contribution in [-0.4, -0.2) is 18.1 Å². The van der Waals surface area contributed by atoms with Crippen molar-refractivity contribution in [2.45, 2.75) is 19.4 Å². The Balaban J connectivity index is 2.74. The number of nitriles is 1. The van der Waals surface area contributed by atoms with E-state index in [-0.39, 0.29) is 0 Å². The summed E-state index contributed by atoms with van der Waals surface area (Å²) in [4.78, 5) is 0. The topological polar surface area (TPSA) is 35.8 Å². The van der Waals surface area contributed by atoms with Gasteiger partial charge in [-0.25, -0.2) is 0 Å². The van der Waals surface area contributed by atoms with E-state index in [0.29, 0.717) is 11.6 Å². The highest BCUT2D eigenvalue weighted by atomic mass is 79.9. The molecule has 0 aliphatic heterocycles. The third-order valence-corrected chi connectivity index (χ3v) is 3.71. The van der Waals surface area contributed by atoms with E-state index in [0.717, 1.165) is 22.3 Å². The molecule has 1 N–H and O–H groups in total. The maximum atomic E-state index is 8.82. The van der Waals surface area contributed by atoms with Crippen LogP contribution in [0.3, 0.4) is 0 Å². The Hall–Kier alpha value is -0.660. The van der Waals surface area contributed by atoms with Crippen molar-refractivity contribution in [3.8, 4) is 6.07 Å². The van der Waals surface area contributed by atoms with Gasteiger partial charge in [-0.1, -0.05) is 6.92 Å². The van der Waals surface area contributed by atoms with Crippen molar-refractivity contribution in [3.63, 3.8) is 0 Å². The van der Waals surface area contributed by atoms with Gasteiger partial charge in [-0.05, 0) is 46.8 Å². The van der Waals surface area contributed by atoms with Crippen molar-refractivity contribution in [2.75, 3.05) is 17.3 Å². The van der Waals surface area contributed by atoms with Crippen LogP contribution in [0.15, 0.2) is 22.7 Å². The minimum atomic E-state index is 0.481. The summed E-state index contributed by atoms with van der Waals surface area (Å²) in [6.07, 6.45) is 3.21. The molecule has 1 rings (SSSR count). The highest BCUT2D eigenvalue weighted by Crippen LogP contribution is 2.22. The first-order chi connectivity index (χ1) is 7.71. The summed E-state index contributed by atoms with van der Waals surface area (Å²) in [6.45, 7) is 2.17. The van der Waals surface area contributed by atoms with Crippen LogP contribution in [0.4, 0.5) is 5.69 Å². The number of halogens is 1. The molecular formula is C12H15BrN2S. The summed E-state index contributed by atoms with van der Waals surface area (Å²) in [5, 5.41) is 12.3. The average Bonchev–Trinajstić information content (AvgIpc) is 2.28. The zero-order valence-electron chi connectivity index (χ0n) is 9.46. The van der Waals surface area contributed by atoms with Crippen molar-refractivity contribution in [1.82, 2.24) is 0 Å². The van der Waals surface area contributed by atoms with E-state index in [1.54, 1.807) is 0 Å². The Morgan fingerprint density at radius 1 is 1.56 bits per heavy atom. The first-order valence-electron chi connectivity index (χ1n) is 5.16. The molecule has 0 saturated carbocycles. The molecule has 1 unspecified atom stereocenters. The van der Waals surface area contributed by atoms with Crippen LogP contribution in [0, 0.1) is 11.3 Å². The Morgan fingerprint density at radius 3 is 2.81 bits per heavy atom. The van der Waals surface area contributed by atoms with Gasteiger partial charge in [0.2, 0.25) is 0 Å². The number of nitrogens with zero attached hydrogens (tertiary/aromatic N) is 1. The standard InChI is InChI=1S/C12H15BrN2S/c1-3-10(8-16-2)15-11-5-4-9(7-14)12(13)6-11/h4-6,10,15H,3,8H2,1-2H3. The normalized spacial score (nSPS) is 11.9. The minimum Gasteiger partial charge on any atom is -0.381 e. The fourth-order valence-corrected chi connectivity index (χ4v) is 2.58. The lowest BCUT2D eigenvalue weighted by atomic mass is 10.2. The van der Waals surface area contributed by atoms with E-state index < -0.39 is 0 Å². The molecule has 0 fully saturated rings. The summed E-state index contributed by atoms with van der Waals surface area (Å²) in [5.41, 5.74) is 1.73. The molecular weight excluding hydrogens is 284 g/mol. The molecule has 1 aromatic carbocycles. The van der Waals surface area contributed by atoms with E-state index in [1.165, 1.54) is 0 Å². The van der Waals surface area contributed by atoms with E-state index in [1.807, 2.05) is 30.0 Å². The van der Waals surface area contributed by atoms with Crippen molar-refractivity contribution in [1.29, 1.82) is 5.26 Å². The molecule has 16 heavy (non-hydrogen) atoms. The fraction of sp³-hybridized carbons (Fsp3) is 0.417. The average molecular weight is 299 g/mol. The molecule has 0 aliphatic rings. The molecule has 0 heterocycles. The quantitative estimate of drug-likeness (QED) is 0.896. The van der Waals surface area contributed by atoms with E-state index in [9.17, 15) is 0 Å². The minimum absolute atomic E-state index is 0.481. The number of anilines is 1. The summed E-state index contributed by atoms with van der Waals surface area (Å²) in [5.74, 6) is 1.09. The number of benzene rings is 1. The van der Waals surface area contributed by atoms with Crippen molar-refractivity contribution in [2.24, 2.45) is 0 Å². The SMILES string of the molecule is CCC(CSC)Nc1ccc(C#N)c(Br)c1. The van der Waals surface area contributed by atoms with E-state index in [4.69, 9.17) is 5.26 Å². The Morgan fingerprint density at radius 2 is 2.31 bits per heavy atom. The van der Waals surface area contributed by atoms with Gasteiger partial charge in [0.25, 0.3) is 0 Å². The van der Waals surface area contributed by atoms with Gasteiger partial charge in [0.1, 0.15) is 6.07 Å². The Bertz CT molecular complexity index is 387. The summed E-state index contributed by atoms with van der Waals surface area (Å²) in [7, 11) is 0. The summed E-state index contributed by atoms with van der Waals surface area (Å²) in [6, 6.07) is 8.36. The number of nitrogens with one attached hydrogen (secondary N) is 1. The zero-order valence-corrected chi connectivity index (χ0v) is 11.9. The molecule has 4 heteroatoms. The third-order valence-electron chi connectivity index (χ3n) is 2.32. The third kappa shape index (κ3) is 3.73. The lowest BCUT2D eigenvalue weighted by molar-refractivity contribution is 0.775. The van der Waals surface area contributed by atoms with Crippen LogP contribution in [0.5, 0.6) is 0 Å². The van der Waals surface area contributed by atoms with Gasteiger partial charge in [-0.15, -0.1) is 0 Å². The first-order valence-corrected chi connectivity index (χ1v) is 7.35. The molecule has 2 nitrogen and oxygen atoms in total. The molecule has 0 saturated heterocycles. The number of rotatable bonds is 5. The van der Waals surface area contributed by atoms with Crippen molar-refractivity contribution >= 4 is 33.4 Å². The van der Waals surface area contributed by atoms with Crippen LogP contribution < -0.4 is 5.32 Å². The van der Waals surface area contributed by atoms with Gasteiger partial charge in [-0.2, -0.15) is 17.0 Å². The monoisotopic (exact) mass is 298 g/mol. The summed E-state index contributed by atoms with van der Waals surface area (Å²) < 4.78 is 0.846. The Kier molecular flexibility index (Phi) is 5.72. The number of thioether (sulfide) groups is 1.